The number of ether oxygens (including phenoxy) is 2. The molecule has 3 rings (SSSR count). The van der Waals surface area contributed by atoms with Crippen molar-refractivity contribution >= 4 is 11.6 Å². The molecule has 1 fully saturated rings. The maximum absolute atomic E-state index is 10.9. The Labute approximate surface area is 174 Å². The van der Waals surface area contributed by atoms with Crippen molar-refractivity contribution in [3.8, 4) is 5.75 Å². The molecule has 0 aliphatic carbocycles. The fourth-order valence-electron chi connectivity index (χ4n) is 3.68. The van der Waals surface area contributed by atoms with Gasteiger partial charge in [0.1, 0.15) is 11.9 Å². The van der Waals surface area contributed by atoms with E-state index in [1.165, 1.54) is 7.11 Å². The smallest absolute Gasteiger partial charge is 0.218 e. The topological polar surface area (TPSA) is 111 Å². The number of nitrogens with one attached hydrogen (secondary N) is 1. The third kappa shape index (κ3) is 4.41. The minimum atomic E-state index is -2.35. The number of hydrogen-bond acceptors (Lipinski definition) is 7. The minimum Gasteiger partial charge on any atom is -0.497 e. The van der Waals surface area contributed by atoms with Gasteiger partial charge in [0.15, 0.2) is 0 Å². The van der Waals surface area contributed by atoms with Crippen LogP contribution in [0.2, 0.25) is 5.02 Å². The maximum Gasteiger partial charge on any atom is 0.218 e. The molecule has 29 heavy (non-hydrogen) atoms. The highest BCUT2D eigenvalue weighted by Gasteiger charge is 2.39. The fourth-order valence-corrected chi connectivity index (χ4v) is 3.93. The van der Waals surface area contributed by atoms with E-state index in [1.807, 2.05) is 0 Å². The average Bonchev–Trinajstić information content (AvgIpc) is 2.73. The molecule has 8 heteroatoms. The first-order valence-corrected chi connectivity index (χ1v) is 9.70. The summed E-state index contributed by atoms with van der Waals surface area (Å²) in [6, 6.07) is 10.7. The van der Waals surface area contributed by atoms with Gasteiger partial charge < -0.3 is 35.2 Å². The Morgan fingerprint density at radius 3 is 2.48 bits per heavy atom. The number of likely N-dealkylation sites (N-methyl/N-ethyl adjacent to an activating group) is 1. The van der Waals surface area contributed by atoms with Gasteiger partial charge in [-0.25, -0.2) is 0 Å². The van der Waals surface area contributed by atoms with Crippen LogP contribution in [0, 0.1) is 0 Å². The Morgan fingerprint density at radius 1 is 1.21 bits per heavy atom. The monoisotopic (exact) mass is 423 g/mol. The van der Waals surface area contributed by atoms with E-state index in [4.69, 9.17) is 21.1 Å². The van der Waals surface area contributed by atoms with Crippen LogP contribution in [0.5, 0.6) is 5.75 Å². The zero-order valence-corrected chi connectivity index (χ0v) is 17.0. The highest BCUT2D eigenvalue weighted by atomic mass is 35.5. The molecule has 1 aliphatic rings. The quantitative estimate of drug-likeness (QED) is 0.445. The lowest BCUT2D eigenvalue weighted by Gasteiger charge is -2.40. The first kappa shape index (κ1) is 22.0. The van der Waals surface area contributed by atoms with E-state index in [1.54, 1.807) is 49.5 Å². The van der Waals surface area contributed by atoms with Crippen LogP contribution in [0.4, 0.5) is 0 Å². The molecule has 2 aromatic rings. The molecule has 0 bridgehead atoms. The highest BCUT2D eigenvalue weighted by Crippen LogP contribution is 2.38. The Kier molecular flexibility index (Phi) is 6.80. The van der Waals surface area contributed by atoms with Crippen molar-refractivity contribution in [1.82, 2.24) is 5.32 Å². The summed E-state index contributed by atoms with van der Waals surface area (Å²) in [5.74, 6) is -1.76. The number of rotatable bonds is 6. The Bertz CT molecular complexity index is 828. The van der Waals surface area contributed by atoms with Gasteiger partial charge in [-0.05, 0) is 49.0 Å². The maximum atomic E-state index is 10.9. The molecule has 2 aromatic carbocycles. The van der Waals surface area contributed by atoms with Crippen molar-refractivity contribution < 1.29 is 29.9 Å². The van der Waals surface area contributed by atoms with E-state index in [0.717, 1.165) is 0 Å². The van der Waals surface area contributed by atoms with Crippen LogP contribution < -0.4 is 10.1 Å². The molecule has 4 atom stereocenters. The van der Waals surface area contributed by atoms with Crippen LogP contribution in [0.15, 0.2) is 42.5 Å². The summed E-state index contributed by atoms with van der Waals surface area (Å²) in [6.45, 7) is -0.222. The van der Waals surface area contributed by atoms with Gasteiger partial charge in [0.05, 0.1) is 32.0 Å². The van der Waals surface area contributed by atoms with Gasteiger partial charge >= 0.3 is 0 Å². The number of benzene rings is 2. The molecule has 1 aliphatic heterocycles. The number of aliphatic hydroxyl groups is 4. The summed E-state index contributed by atoms with van der Waals surface area (Å²) < 4.78 is 11.1. The zero-order valence-electron chi connectivity index (χ0n) is 16.2. The Hall–Kier alpha value is -1.71. The third-order valence-corrected chi connectivity index (χ3v) is 5.64. The molecule has 0 saturated carbocycles. The lowest BCUT2D eigenvalue weighted by molar-refractivity contribution is -0.135. The van der Waals surface area contributed by atoms with E-state index in [2.05, 4.69) is 5.32 Å². The van der Waals surface area contributed by atoms with Gasteiger partial charge in [-0.15, -0.1) is 0 Å². The standard InChI is InChI=1S/C21H26ClNO6/c1-23-19-18(25)10-15(11-24)29-20(19)12-3-8-17(22)16(9-12)21(26,27)13-4-6-14(28-2)7-5-13/h3-9,15,18-20,23-27H,10-11H2,1-2H3. The largest absolute Gasteiger partial charge is 0.497 e. The van der Waals surface area contributed by atoms with Gasteiger partial charge in [0.2, 0.25) is 5.79 Å². The molecule has 7 nitrogen and oxygen atoms in total. The summed E-state index contributed by atoms with van der Waals surface area (Å²) >= 11 is 6.29. The second-order valence-electron chi connectivity index (χ2n) is 7.12. The summed E-state index contributed by atoms with van der Waals surface area (Å²) in [6.07, 6.45) is -1.56. The predicted octanol–water partition coefficient (Wildman–Crippen LogP) is 1.31. The summed E-state index contributed by atoms with van der Waals surface area (Å²) in [5.41, 5.74) is 0.906. The number of aliphatic hydroxyl groups excluding tert-OH is 2. The molecule has 0 radical (unpaired) electrons. The molecule has 0 aromatic heterocycles. The normalized spacial score (nSPS) is 25.1. The zero-order chi connectivity index (χ0) is 21.2. The lowest BCUT2D eigenvalue weighted by Crippen LogP contribution is -2.51. The summed E-state index contributed by atoms with van der Waals surface area (Å²) in [5, 5.41) is 44.9. The molecular weight excluding hydrogens is 398 g/mol. The van der Waals surface area contributed by atoms with Crippen LogP contribution in [0.3, 0.4) is 0 Å². The second kappa shape index (κ2) is 8.97. The van der Waals surface area contributed by atoms with Crippen LogP contribution in [0.25, 0.3) is 0 Å². The summed E-state index contributed by atoms with van der Waals surface area (Å²) in [4.78, 5) is 0. The highest BCUT2D eigenvalue weighted by molar-refractivity contribution is 6.31. The first-order chi connectivity index (χ1) is 13.8. The average molecular weight is 424 g/mol. The van der Waals surface area contributed by atoms with E-state index >= 15 is 0 Å². The van der Waals surface area contributed by atoms with Crippen molar-refractivity contribution in [3.05, 3.63) is 64.2 Å². The number of hydrogen-bond donors (Lipinski definition) is 5. The predicted molar refractivity (Wildman–Crippen MR) is 108 cm³/mol. The number of halogens is 1. The van der Waals surface area contributed by atoms with Crippen LogP contribution in [-0.2, 0) is 10.5 Å². The Balaban J connectivity index is 2.00. The van der Waals surface area contributed by atoms with E-state index in [-0.39, 0.29) is 22.8 Å². The fraction of sp³-hybridized carbons (Fsp3) is 0.429. The van der Waals surface area contributed by atoms with Crippen molar-refractivity contribution in [3.63, 3.8) is 0 Å². The van der Waals surface area contributed by atoms with Gasteiger partial charge in [-0.1, -0.05) is 17.7 Å². The lowest BCUT2D eigenvalue weighted by atomic mass is 9.88. The Morgan fingerprint density at radius 2 is 1.90 bits per heavy atom. The molecule has 0 amide bonds. The van der Waals surface area contributed by atoms with E-state index in [9.17, 15) is 20.4 Å². The van der Waals surface area contributed by atoms with Gasteiger partial charge in [0, 0.05) is 22.6 Å². The van der Waals surface area contributed by atoms with Crippen molar-refractivity contribution in [2.75, 3.05) is 20.8 Å². The van der Waals surface area contributed by atoms with Crippen LogP contribution >= 0.6 is 11.6 Å². The SMILES string of the molecule is CNC1C(O)CC(CO)OC1c1ccc(Cl)c(C(O)(O)c2ccc(OC)cc2)c1. The first-order valence-electron chi connectivity index (χ1n) is 9.32. The molecule has 158 valence electrons. The van der Waals surface area contributed by atoms with Crippen LogP contribution in [0.1, 0.15) is 29.2 Å². The van der Waals surface area contributed by atoms with Crippen LogP contribution in [-0.4, -0.2) is 59.4 Å². The molecule has 0 spiro atoms. The molecular formula is C21H26ClNO6. The van der Waals surface area contributed by atoms with E-state index < -0.39 is 30.1 Å². The van der Waals surface area contributed by atoms with Crippen molar-refractivity contribution in [2.24, 2.45) is 0 Å². The van der Waals surface area contributed by atoms with Gasteiger partial charge in [0.25, 0.3) is 0 Å². The van der Waals surface area contributed by atoms with Crippen molar-refractivity contribution in [2.45, 2.75) is 36.6 Å². The van der Waals surface area contributed by atoms with Gasteiger partial charge in [-0.3, -0.25) is 0 Å². The minimum absolute atomic E-state index is 0.0842. The molecule has 1 saturated heterocycles. The number of methoxy groups -OCH3 is 1. The second-order valence-corrected chi connectivity index (χ2v) is 7.53. The molecule has 1 heterocycles. The van der Waals surface area contributed by atoms with E-state index in [0.29, 0.717) is 17.7 Å². The summed E-state index contributed by atoms with van der Waals surface area (Å²) in [7, 11) is 3.23. The van der Waals surface area contributed by atoms with Gasteiger partial charge in [-0.2, -0.15) is 0 Å². The molecule has 5 N–H and O–H groups in total. The molecule has 4 unspecified atom stereocenters. The van der Waals surface area contributed by atoms with Crippen molar-refractivity contribution in [1.29, 1.82) is 0 Å². The third-order valence-electron chi connectivity index (χ3n) is 5.31.